The van der Waals surface area contributed by atoms with Gasteiger partial charge in [-0.25, -0.2) is 9.13 Å². The highest BCUT2D eigenvalue weighted by Crippen LogP contribution is 2.45. The summed E-state index contributed by atoms with van der Waals surface area (Å²) in [6, 6.07) is 0. The van der Waals surface area contributed by atoms with Gasteiger partial charge < -0.3 is 33.8 Å². The largest absolute Gasteiger partial charge is 0.472 e. The molecule has 0 spiro atoms. The van der Waals surface area contributed by atoms with Crippen LogP contribution in [0.5, 0.6) is 0 Å². The Morgan fingerprint density at radius 3 is 0.791 bits per heavy atom. The van der Waals surface area contributed by atoms with Crippen molar-refractivity contribution in [1.82, 2.24) is 0 Å². The Morgan fingerprint density at radius 1 is 0.314 bits per heavy atom. The van der Waals surface area contributed by atoms with Crippen LogP contribution in [0.2, 0.25) is 0 Å². The van der Waals surface area contributed by atoms with Crippen LogP contribution in [-0.4, -0.2) is 96.7 Å². The quantitative estimate of drug-likeness (QED) is 0.0222. The first kappa shape index (κ1) is 84.1. The molecule has 0 saturated heterocycles. The van der Waals surface area contributed by atoms with Gasteiger partial charge in [-0.15, -0.1) is 0 Å². The molecule has 0 aliphatic rings. The molecule has 0 aromatic rings. The van der Waals surface area contributed by atoms with Crippen molar-refractivity contribution >= 4 is 39.5 Å². The molecule has 0 aliphatic carbocycles. The average molecular weight is 1270 g/mol. The van der Waals surface area contributed by atoms with Crippen molar-refractivity contribution in [2.75, 3.05) is 39.6 Å². The minimum absolute atomic E-state index is 0.101. The first-order chi connectivity index (χ1) is 41.4. The lowest BCUT2D eigenvalue weighted by molar-refractivity contribution is -0.161. The highest BCUT2D eigenvalue weighted by Gasteiger charge is 2.30. The second kappa shape index (κ2) is 59.4. The number of carbonyl (C=O) groups is 4. The molecular weight excluding hydrogens is 1140 g/mol. The summed E-state index contributed by atoms with van der Waals surface area (Å²) in [7, 11) is -9.88. The van der Waals surface area contributed by atoms with Gasteiger partial charge in [-0.05, 0) is 37.5 Å². The lowest BCUT2D eigenvalue weighted by Crippen LogP contribution is -2.30. The van der Waals surface area contributed by atoms with Gasteiger partial charge in [-0.1, -0.05) is 286 Å². The molecule has 3 N–H and O–H groups in total. The first-order valence-corrected chi connectivity index (χ1v) is 38.0. The van der Waals surface area contributed by atoms with Crippen molar-refractivity contribution in [1.29, 1.82) is 0 Å². The van der Waals surface area contributed by atoms with E-state index in [0.717, 1.165) is 102 Å². The van der Waals surface area contributed by atoms with Gasteiger partial charge in [0.1, 0.15) is 19.3 Å². The molecule has 0 aromatic carbocycles. The zero-order valence-corrected chi connectivity index (χ0v) is 57.4. The van der Waals surface area contributed by atoms with E-state index in [0.29, 0.717) is 31.6 Å². The Balaban J connectivity index is 5.15. The molecule has 0 saturated carbocycles. The van der Waals surface area contributed by atoms with E-state index in [1.807, 2.05) is 0 Å². The van der Waals surface area contributed by atoms with E-state index >= 15 is 0 Å². The maximum atomic E-state index is 13.0. The molecule has 17 nitrogen and oxygen atoms in total. The van der Waals surface area contributed by atoms with Crippen molar-refractivity contribution < 1.29 is 80.2 Å². The topological polar surface area (TPSA) is 237 Å². The summed E-state index contributed by atoms with van der Waals surface area (Å²) in [4.78, 5) is 72.1. The number of unbranched alkanes of at least 4 members (excludes halogenated alkanes) is 36. The number of rotatable bonds is 66. The molecule has 0 rings (SSSR count). The van der Waals surface area contributed by atoms with E-state index in [9.17, 15) is 43.2 Å². The number of phosphoric ester groups is 2. The molecule has 510 valence electrons. The van der Waals surface area contributed by atoms with Gasteiger partial charge in [-0.3, -0.25) is 37.3 Å². The molecule has 0 bridgehead atoms. The predicted octanol–water partition coefficient (Wildman–Crippen LogP) is 18.8. The predicted molar refractivity (Wildman–Crippen MR) is 345 cm³/mol. The fourth-order valence-electron chi connectivity index (χ4n) is 10.1. The van der Waals surface area contributed by atoms with Crippen molar-refractivity contribution in [3.63, 3.8) is 0 Å². The van der Waals surface area contributed by atoms with E-state index in [4.69, 9.17) is 37.0 Å². The van der Waals surface area contributed by atoms with Gasteiger partial charge in [0.2, 0.25) is 0 Å². The number of phosphoric acid groups is 2. The standard InChI is InChI=1S/C67H130O17P2/c1-7-9-11-13-14-15-16-17-18-19-22-25-28-31-38-44-50-65(70)78-56-63(83-66(71)51-45-39-32-29-26-23-20-21-24-27-30-36-41-47-59(3)4)58-82-86(75,76)80-54-61(68)53-79-85(73,74)81-57-62(55-77-64(69)49-43-35-12-10-8-2)84-67(72)52-46-40-34-33-37-42-48-60(5)6/h59-63,68H,7-58H2,1-6H3,(H,73,74)(H,75,76)/t61-,62+,63+/m0/s1. The number of aliphatic hydroxyl groups excluding tert-OH is 1. The van der Waals surface area contributed by atoms with E-state index in [-0.39, 0.29) is 25.7 Å². The van der Waals surface area contributed by atoms with Crippen LogP contribution in [0.4, 0.5) is 0 Å². The summed E-state index contributed by atoms with van der Waals surface area (Å²) in [5.41, 5.74) is 0. The van der Waals surface area contributed by atoms with Crippen LogP contribution >= 0.6 is 15.6 Å². The van der Waals surface area contributed by atoms with Gasteiger partial charge in [0.05, 0.1) is 26.4 Å². The number of carbonyl (C=O) groups excluding carboxylic acids is 4. The van der Waals surface area contributed by atoms with E-state index in [1.54, 1.807) is 0 Å². The van der Waals surface area contributed by atoms with Crippen molar-refractivity contribution in [3.05, 3.63) is 0 Å². The van der Waals surface area contributed by atoms with Crippen LogP contribution in [-0.2, 0) is 65.4 Å². The maximum Gasteiger partial charge on any atom is 0.472 e. The van der Waals surface area contributed by atoms with Gasteiger partial charge in [0.15, 0.2) is 12.2 Å². The third kappa shape index (κ3) is 60.9. The minimum atomic E-state index is -4.95. The summed E-state index contributed by atoms with van der Waals surface area (Å²) < 4.78 is 67.9. The van der Waals surface area contributed by atoms with Gasteiger partial charge >= 0.3 is 39.5 Å². The molecular formula is C67H130O17P2. The van der Waals surface area contributed by atoms with E-state index in [1.165, 1.54) is 148 Å². The lowest BCUT2D eigenvalue weighted by Gasteiger charge is -2.21. The molecule has 0 heterocycles. The third-order valence-corrected chi connectivity index (χ3v) is 17.4. The Morgan fingerprint density at radius 2 is 0.535 bits per heavy atom. The maximum absolute atomic E-state index is 13.0. The van der Waals surface area contributed by atoms with Crippen LogP contribution in [0.15, 0.2) is 0 Å². The Labute approximate surface area is 524 Å². The first-order valence-electron chi connectivity index (χ1n) is 35.0. The Bertz CT molecular complexity index is 1680. The number of hydrogen-bond donors (Lipinski definition) is 3. The van der Waals surface area contributed by atoms with Crippen LogP contribution in [0.25, 0.3) is 0 Å². The van der Waals surface area contributed by atoms with E-state index in [2.05, 4.69) is 41.5 Å². The normalized spacial score (nSPS) is 14.2. The average Bonchev–Trinajstić information content (AvgIpc) is 3.57. The zero-order valence-electron chi connectivity index (χ0n) is 55.6. The molecule has 0 aromatic heterocycles. The smallest absolute Gasteiger partial charge is 0.462 e. The van der Waals surface area contributed by atoms with Crippen molar-refractivity contribution in [2.24, 2.45) is 11.8 Å². The molecule has 0 amide bonds. The number of aliphatic hydroxyl groups is 1. The third-order valence-electron chi connectivity index (χ3n) is 15.5. The molecule has 0 radical (unpaired) electrons. The van der Waals surface area contributed by atoms with Gasteiger partial charge in [0.25, 0.3) is 0 Å². The second-order valence-electron chi connectivity index (χ2n) is 25.2. The minimum Gasteiger partial charge on any atom is -0.462 e. The molecule has 0 aliphatic heterocycles. The molecule has 2 unspecified atom stereocenters. The Hall–Kier alpha value is -1.94. The highest BCUT2D eigenvalue weighted by atomic mass is 31.2. The SMILES string of the molecule is CCCCCCCCCCCCCCCCCCC(=O)OC[C@H](COP(=O)(O)OC[C@@H](O)COP(=O)(O)OC[C@@H](COC(=O)CCCCCCC)OC(=O)CCCCCCCCC(C)C)OC(=O)CCCCCCCCCCCCCCCC(C)C. The van der Waals surface area contributed by atoms with Crippen LogP contribution < -0.4 is 0 Å². The van der Waals surface area contributed by atoms with Crippen LogP contribution in [0, 0.1) is 11.8 Å². The number of hydrogen-bond acceptors (Lipinski definition) is 15. The number of esters is 4. The molecule has 19 heteroatoms. The van der Waals surface area contributed by atoms with Crippen molar-refractivity contribution in [3.8, 4) is 0 Å². The lowest BCUT2D eigenvalue weighted by atomic mass is 10.0. The van der Waals surface area contributed by atoms with Crippen molar-refractivity contribution in [2.45, 2.75) is 355 Å². The summed E-state index contributed by atoms with van der Waals surface area (Å²) in [5.74, 6) is -0.687. The monoisotopic (exact) mass is 1270 g/mol. The molecule has 0 fully saturated rings. The Kier molecular flexibility index (Phi) is 58.0. The highest BCUT2D eigenvalue weighted by molar-refractivity contribution is 7.47. The fraction of sp³-hybridized carbons (Fsp3) is 0.940. The van der Waals surface area contributed by atoms with Gasteiger partial charge in [-0.2, -0.15) is 0 Å². The second-order valence-corrected chi connectivity index (χ2v) is 28.1. The summed E-state index contributed by atoms with van der Waals surface area (Å²) in [5, 5.41) is 10.5. The zero-order chi connectivity index (χ0) is 63.6. The summed E-state index contributed by atoms with van der Waals surface area (Å²) in [6.45, 7) is 9.36. The summed E-state index contributed by atoms with van der Waals surface area (Å²) >= 11 is 0. The van der Waals surface area contributed by atoms with Gasteiger partial charge in [0, 0.05) is 25.7 Å². The number of ether oxygens (including phenoxy) is 4. The van der Waals surface area contributed by atoms with Crippen LogP contribution in [0.3, 0.4) is 0 Å². The molecule has 86 heavy (non-hydrogen) atoms. The van der Waals surface area contributed by atoms with Crippen LogP contribution in [0.1, 0.15) is 337 Å². The molecule has 5 atom stereocenters. The fourth-order valence-corrected chi connectivity index (χ4v) is 11.6. The van der Waals surface area contributed by atoms with E-state index < -0.39 is 97.5 Å². The summed E-state index contributed by atoms with van der Waals surface area (Å²) in [6.07, 6.45) is 43.7.